The van der Waals surface area contributed by atoms with Crippen molar-refractivity contribution in [3.05, 3.63) is 34.3 Å². The van der Waals surface area contributed by atoms with Crippen LogP contribution < -0.4 is 5.73 Å². The molecule has 0 aromatic heterocycles. The second-order valence-electron chi connectivity index (χ2n) is 2.45. The van der Waals surface area contributed by atoms with E-state index in [-0.39, 0.29) is 0 Å². The molecule has 1 nitrogen and oxygen atoms in total. The summed E-state index contributed by atoms with van der Waals surface area (Å²) in [6.45, 7) is 0.360. The second-order valence-corrected chi connectivity index (χ2v) is 3.12. The van der Waals surface area contributed by atoms with Crippen molar-refractivity contribution >= 4 is 23.2 Å². The van der Waals surface area contributed by atoms with E-state index >= 15 is 0 Å². The summed E-state index contributed by atoms with van der Waals surface area (Å²) in [5.74, 6) is 6.08. The van der Waals surface area contributed by atoms with E-state index < -0.39 is 0 Å². The molecule has 2 N–H and O–H groups in total. The van der Waals surface area contributed by atoms with E-state index in [2.05, 4.69) is 11.8 Å². The fourth-order valence-electron chi connectivity index (χ4n) is 0.908. The highest BCUT2D eigenvalue weighted by Gasteiger charge is 1.98. The minimum absolute atomic E-state index is 0.360. The van der Waals surface area contributed by atoms with E-state index in [0.717, 1.165) is 11.1 Å². The highest BCUT2D eigenvalue weighted by atomic mass is 35.5. The summed E-state index contributed by atoms with van der Waals surface area (Å²) in [4.78, 5) is 0. The SMILES string of the molecule is NCC#Cc1ccc(Cl)c(CCl)c1. The maximum Gasteiger partial charge on any atom is 0.0555 e. The van der Waals surface area contributed by atoms with Gasteiger partial charge >= 0.3 is 0 Å². The van der Waals surface area contributed by atoms with E-state index in [4.69, 9.17) is 28.9 Å². The summed E-state index contributed by atoms with van der Waals surface area (Å²) >= 11 is 11.6. The Bertz CT molecular complexity index is 350. The van der Waals surface area contributed by atoms with Crippen LogP contribution >= 0.6 is 23.2 Å². The third kappa shape index (κ3) is 2.93. The number of rotatable bonds is 1. The highest BCUT2D eigenvalue weighted by molar-refractivity contribution is 6.32. The molecule has 0 radical (unpaired) electrons. The Balaban J connectivity index is 2.99. The molecule has 1 rings (SSSR count). The van der Waals surface area contributed by atoms with E-state index in [0.29, 0.717) is 17.4 Å². The van der Waals surface area contributed by atoms with Crippen LogP contribution in [0.15, 0.2) is 18.2 Å². The van der Waals surface area contributed by atoms with Crippen molar-refractivity contribution in [3.63, 3.8) is 0 Å². The summed E-state index contributed by atoms with van der Waals surface area (Å²) in [6.07, 6.45) is 0. The third-order valence-electron chi connectivity index (χ3n) is 1.52. The average molecular weight is 214 g/mol. The van der Waals surface area contributed by atoms with Crippen LogP contribution in [-0.4, -0.2) is 6.54 Å². The minimum Gasteiger partial charge on any atom is -0.320 e. The topological polar surface area (TPSA) is 26.0 Å². The van der Waals surface area contributed by atoms with Crippen molar-refractivity contribution in [2.75, 3.05) is 6.54 Å². The molecule has 0 heterocycles. The molecule has 68 valence electrons. The second kappa shape index (κ2) is 5.14. The van der Waals surface area contributed by atoms with Crippen LogP contribution in [0.5, 0.6) is 0 Å². The molecule has 13 heavy (non-hydrogen) atoms. The fourth-order valence-corrected chi connectivity index (χ4v) is 1.38. The van der Waals surface area contributed by atoms with Crippen LogP contribution in [-0.2, 0) is 5.88 Å². The number of alkyl halides is 1. The van der Waals surface area contributed by atoms with Gasteiger partial charge in [-0.25, -0.2) is 0 Å². The Kier molecular flexibility index (Phi) is 4.11. The van der Waals surface area contributed by atoms with Gasteiger partial charge in [0.25, 0.3) is 0 Å². The summed E-state index contributed by atoms with van der Waals surface area (Å²) < 4.78 is 0. The summed E-state index contributed by atoms with van der Waals surface area (Å²) in [6, 6.07) is 5.51. The van der Waals surface area contributed by atoms with E-state index in [1.54, 1.807) is 6.07 Å². The van der Waals surface area contributed by atoms with Crippen LogP contribution in [0.3, 0.4) is 0 Å². The molecule has 0 bridgehead atoms. The molecular formula is C10H9Cl2N. The fraction of sp³-hybridized carbons (Fsp3) is 0.200. The predicted molar refractivity (Wildman–Crippen MR) is 56.9 cm³/mol. The summed E-state index contributed by atoms with van der Waals surface area (Å²) in [5, 5.41) is 0.674. The predicted octanol–water partition coefficient (Wildman–Crippen LogP) is 2.39. The first-order valence-electron chi connectivity index (χ1n) is 3.81. The zero-order chi connectivity index (χ0) is 9.68. The lowest BCUT2D eigenvalue weighted by molar-refractivity contribution is 1.30. The van der Waals surface area contributed by atoms with E-state index in [1.807, 2.05) is 12.1 Å². The molecule has 0 amide bonds. The first kappa shape index (κ1) is 10.4. The zero-order valence-electron chi connectivity index (χ0n) is 6.98. The van der Waals surface area contributed by atoms with Crippen molar-refractivity contribution in [1.82, 2.24) is 0 Å². The molecule has 0 aliphatic rings. The van der Waals surface area contributed by atoms with Crippen molar-refractivity contribution in [1.29, 1.82) is 0 Å². The molecule has 0 aliphatic carbocycles. The van der Waals surface area contributed by atoms with E-state index in [1.165, 1.54) is 0 Å². The lowest BCUT2D eigenvalue weighted by atomic mass is 10.1. The molecule has 3 heteroatoms. The van der Waals surface area contributed by atoms with Gasteiger partial charge in [-0.2, -0.15) is 0 Å². The lowest BCUT2D eigenvalue weighted by Crippen LogP contribution is -1.93. The van der Waals surface area contributed by atoms with Crippen molar-refractivity contribution in [2.24, 2.45) is 5.73 Å². The number of nitrogens with two attached hydrogens (primary N) is 1. The quantitative estimate of drug-likeness (QED) is 0.563. The van der Waals surface area contributed by atoms with Gasteiger partial charge in [0.1, 0.15) is 0 Å². The Morgan fingerprint density at radius 3 is 2.77 bits per heavy atom. The van der Waals surface area contributed by atoms with Crippen LogP contribution in [0, 0.1) is 11.8 Å². The summed E-state index contributed by atoms with van der Waals surface area (Å²) in [7, 11) is 0. The molecule has 0 unspecified atom stereocenters. The molecule has 1 aromatic carbocycles. The van der Waals surface area contributed by atoms with Gasteiger partial charge in [-0.1, -0.05) is 23.4 Å². The molecule has 1 aromatic rings. The van der Waals surface area contributed by atoms with Crippen LogP contribution in [0.1, 0.15) is 11.1 Å². The Morgan fingerprint density at radius 2 is 2.15 bits per heavy atom. The van der Waals surface area contributed by atoms with E-state index in [9.17, 15) is 0 Å². The average Bonchev–Trinajstić information content (AvgIpc) is 2.16. The number of benzene rings is 1. The molecule has 0 saturated heterocycles. The van der Waals surface area contributed by atoms with Crippen molar-refractivity contribution < 1.29 is 0 Å². The maximum absolute atomic E-state index is 5.87. The van der Waals surface area contributed by atoms with Gasteiger partial charge in [-0.05, 0) is 23.8 Å². The van der Waals surface area contributed by atoms with Gasteiger partial charge < -0.3 is 5.73 Å². The molecule has 0 spiro atoms. The molecular weight excluding hydrogens is 205 g/mol. The third-order valence-corrected chi connectivity index (χ3v) is 2.18. The number of halogens is 2. The highest BCUT2D eigenvalue weighted by Crippen LogP contribution is 2.18. The van der Waals surface area contributed by atoms with Gasteiger partial charge in [0.2, 0.25) is 0 Å². The molecule has 0 saturated carbocycles. The maximum atomic E-state index is 5.87. The smallest absolute Gasteiger partial charge is 0.0555 e. The Hall–Kier alpha value is -0.680. The Labute approximate surface area is 87.8 Å². The van der Waals surface area contributed by atoms with Crippen LogP contribution in [0.25, 0.3) is 0 Å². The normalized spacial score (nSPS) is 9.15. The number of hydrogen-bond donors (Lipinski definition) is 1. The molecule has 0 fully saturated rings. The zero-order valence-corrected chi connectivity index (χ0v) is 8.49. The number of hydrogen-bond acceptors (Lipinski definition) is 1. The largest absolute Gasteiger partial charge is 0.320 e. The standard InChI is InChI=1S/C10H9Cl2N/c11-7-9-6-8(2-1-5-13)3-4-10(9)12/h3-4,6H,5,7,13H2. The monoisotopic (exact) mass is 213 g/mol. The summed E-state index contributed by atoms with van der Waals surface area (Å²) in [5.41, 5.74) is 7.04. The van der Waals surface area contributed by atoms with Crippen molar-refractivity contribution in [3.8, 4) is 11.8 Å². The lowest BCUT2D eigenvalue weighted by Gasteiger charge is -1.99. The molecule has 0 aliphatic heterocycles. The van der Waals surface area contributed by atoms with Crippen LogP contribution in [0.4, 0.5) is 0 Å². The van der Waals surface area contributed by atoms with Gasteiger partial charge in [0.15, 0.2) is 0 Å². The first-order chi connectivity index (χ1) is 6.27. The first-order valence-corrected chi connectivity index (χ1v) is 4.72. The van der Waals surface area contributed by atoms with Gasteiger partial charge in [0, 0.05) is 16.5 Å². The van der Waals surface area contributed by atoms with Gasteiger partial charge in [-0.3, -0.25) is 0 Å². The minimum atomic E-state index is 0.360. The molecule has 0 atom stereocenters. The van der Waals surface area contributed by atoms with Gasteiger partial charge in [-0.15, -0.1) is 11.6 Å². The van der Waals surface area contributed by atoms with Crippen molar-refractivity contribution in [2.45, 2.75) is 5.88 Å². The van der Waals surface area contributed by atoms with Crippen LogP contribution in [0.2, 0.25) is 5.02 Å². The Morgan fingerprint density at radius 1 is 1.38 bits per heavy atom. The van der Waals surface area contributed by atoms with Gasteiger partial charge in [0.05, 0.1) is 6.54 Å².